The van der Waals surface area contributed by atoms with E-state index in [1.54, 1.807) is 49.8 Å². The zero-order valence-electron chi connectivity index (χ0n) is 23.8. The van der Waals surface area contributed by atoms with Crippen LogP contribution in [0.3, 0.4) is 0 Å². The smallest absolute Gasteiger partial charge is 0.232 e. The second-order valence-corrected chi connectivity index (χ2v) is 10.1. The first kappa shape index (κ1) is 28.0. The number of aryl methyl sites for hydroxylation is 1. The van der Waals surface area contributed by atoms with Gasteiger partial charge in [0, 0.05) is 38.8 Å². The molecular formula is C29H35N9O3. The Kier molecular flexibility index (Phi) is 8.68. The van der Waals surface area contributed by atoms with Gasteiger partial charge in [-0.2, -0.15) is 5.10 Å². The molecule has 2 N–H and O–H groups in total. The molecule has 3 aromatic heterocycles. The predicted molar refractivity (Wildman–Crippen MR) is 156 cm³/mol. The first-order valence-corrected chi connectivity index (χ1v) is 13.7. The first-order chi connectivity index (χ1) is 19.9. The fraction of sp³-hybridized carbons (Fsp3) is 0.379. The topological polar surface area (TPSA) is 132 Å². The molecule has 5 rings (SSSR count). The summed E-state index contributed by atoms with van der Waals surface area (Å²) < 4.78 is 13.2. The maximum absolute atomic E-state index is 12.8. The zero-order chi connectivity index (χ0) is 28.8. The normalized spacial score (nSPS) is 15.1. The second-order valence-electron chi connectivity index (χ2n) is 10.1. The molecule has 12 heteroatoms. The summed E-state index contributed by atoms with van der Waals surface area (Å²) >= 11 is 0. The van der Waals surface area contributed by atoms with Crippen molar-refractivity contribution in [2.75, 3.05) is 44.0 Å². The van der Waals surface area contributed by atoms with Gasteiger partial charge in [-0.3, -0.25) is 14.4 Å². The maximum Gasteiger partial charge on any atom is 0.232 e. The number of nitrogens with one attached hydrogen (secondary N) is 2. The number of ether oxygens (including phenoxy) is 2. The van der Waals surface area contributed by atoms with E-state index >= 15 is 0 Å². The summed E-state index contributed by atoms with van der Waals surface area (Å²) in [5, 5.41) is 10.9. The third-order valence-corrected chi connectivity index (χ3v) is 6.90. The number of methoxy groups -OCH3 is 1. The number of anilines is 4. The Morgan fingerprint density at radius 3 is 2.61 bits per heavy atom. The largest absolute Gasteiger partial charge is 0.494 e. The van der Waals surface area contributed by atoms with Crippen LogP contribution in [0.15, 0.2) is 49.2 Å². The van der Waals surface area contributed by atoms with Crippen LogP contribution in [0.4, 0.5) is 23.0 Å². The number of carbonyl (C=O) groups excluding carboxylic acids is 1. The number of ketones is 1. The van der Waals surface area contributed by atoms with Crippen LogP contribution in [-0.2, 0) is 7.05 Å². The number of carbonyl (C=O) groups is 1. The Hall–Kier alpha value is -4.58. The molecule has 0 unspecified atom stereocenters. The van der Waals surface area contributed by atoms with Gasteiger partial charge in [0.15, 0.2) is 17.4 Å². The lowest BCUT2D eigenvalue weighted by Gasteiger charge is -2.17. The number of hydrogen-bond donors (Lipinski definition) is 2. The quantitative estimate of drug-likeness (QED) is 0.239. The van der Waals surface area contributed by atoms with E-state index in [-0.39, 0.29) is 5.78 Å². The van der Waals surface area contributed by atoms with Crippen LogP contribution in [0.2, 0.25) is 0 Å². The van der Waals surface area contributed by atoms with Gasteiger partial charge < -0.3 is 20.1 Å². The van der Waals surface area contributed by atoms with E-state index in [9.17, 15) is 4.79 Å². The first-order valence-electron chi connectivity index (χ1n) is 13.7. The average Bonchev–Trinajstić information content (AvgIpc) is 3.61. The van der Waals surface area contributed by atoms with Gasteiger partial charge in [0.1, 0.15) is 24.6 Å². The molecule has 1 fully saturated rings. The standard InChI is InChI=1S/C29H35N9O3/c1-5-24(39)21-14-30-25(35-26-15-32-27(16-31-26)41-12-11-38-10-9-19(2)17-38)13-23(21)34-22-8-6-7-20(28(22)40-4)29-33-18-37(3)36-29/h6-8,13-16,18-19H,5,9-12,17H2,1-4H3,(H2,30,31,34,35)/t19-/m1/s1. The van der Waals surface area contributed by atoms with Gasteiger partial charge in [-0.05, 0) is 31.0 Å². The van der Waals surface area contributed by atoms with E-state index in [0.29, 0.717) is 59.1 Å². The lowest BCUT2D eigenvalue weighted by Crippen LogP contribution is -2.26. The lowest BCUT2D eigenvalue weighted by molar-refractivity contribution is 0.0988. The highest BCUT2D eigenvalue weighted by molar-refractivity contribution is 6.02. The Morgan fingerprint density at radius 2 is 1.93 bits per heavy atom. The van der Waals surface area contributed by atoms with Crippen LogP contribution in [-0.4, -0.2) is 73.8 Å². The number of aromatic nitrogens is 6. The van der Waals surface area contributed by atoms with Gasteiger partial charge in [-0.15, -0.1) is 0 Å². The maximum atomic E-state index is 12.8. The van der Waals surface area contributed by atoms with Crippen molar-refractivity contribution in [2.45, 2.75) is 26.7 Å². The molecule has 1 aliphatic rings. The van der Waals surface area contributed by atoms with Crippen molar-refractivity contribution in [1.82, 2.24) is 34.6 Å². The van der Waals surface area contributed by atoms with Crippen LogP contribution < -0.4 is 20.1 Å². The highest BCUT2D eigenvalue weighted by atomic mass is 16.5. The number of nitrogens with zero attached hydrogens (tertiary/aromatic N) is 7. The van der Waals surface area contributed by atoms with Crippen molar-refractivity contribution < 1.29 is 14.3 Å². The summed E-state index contributed by atoms with van der Waals surface area (Å²) in [6, 6.07) is 7.39. The van der Waals surface area contributed by atoms with E-state index < -0.39 is 0 Å². The number of para-hydroxylation sites is 1. The fourth-order valence-electron chi connectivity index (χ4n) is 4.77. The fourth-order valence-corrected chi connectivity index (χ4v) is 4.77. The third kappa shape index (κ3) is 6.77. The Bertz CT molecular complexity index is 1490. The Labute approximate surface area is 239 Å². The number of hydrogen-bond acceptors (Lipinski definition) is 11. The summed E-state index contributed by atoms with van der Waals surface area (Å²) in [5.41, 5.74) is 2.41. The highest BCUT2D eigenvalue weighted by Crippen LogP contribution is 2.37. The van der Waals surface area contributed by atoms with Gasteiger partial charge in [0.25, 0.3) is 0 Å². The molecule has 1 saturated heterocycles. The molecule has 1 aliphatic heterocycles. The Balaban J connectivity index is 1.32. The predicted octanol–water partition coefficient (Wildman–Crippen LogP) is 4.48. The van der Waals surface area contributed by atoms with Crippen LogP contribution in [0, 0.1) is 5.92 Å². The minimum absolute atomic E-state index is 0.0438. The number of likely N-dealkylation sites (tertiary alicyclic amines) is 1. The molecule has 0 spiro atoms. The summed E-state index contributed by atoms with van der Waals surface area (Å²) in [5.74, 6) is 3.25. The molecule has 4 heterocycles. The van der Waals surface area contributed by atoms with E-state index in [2.05, 4.69) is 47.5 Å². The SMILES string of the molecule is CCC(=O)c1cnc(Nc2cnc(OCCN3CC[C@@H](C)C3)cn2)cc1Nc1cccc(-c2ncn(C)n2)c1OC. The van der Waals surface area contributed by atoms with Crippen molar-refractivity contribution in [3.8, 4) is 23.0 Å². The molecule has 0 radical (unpaired) electrons. The van der Waals surface area contributed by atoms with Crippen molar-refractivity contribution in [3.63, 3.8) is 0 Å². The van der Waals surface area contributed by atoms with E-state index in [1.807, 2.05) is 25.1 Å². The zero-order valence-corrected chi connectivity index (χ0v) is 23.8. The lowest BCUT2D eigenvalue weighted by atomic mass is 10.1. The monoisotopic (exact) mass is 557 g/mol. The van der Waals surface area contributed by atoms with E-state index in [0.717, 1.165) is 31.1 Å². The highest BCUT2D eigenvalue weighted by Gasteiger charge is 2.19. The van der Waals surface area contributed by atoms with Crippen LogP contribution >= 0.6 is 0 Å². The number of rotatable bonds is 12. The molecule has 41 heavy (non-hydrogen) atoms. The van der Waals surface area contributed by atoms with Crippen molar-refractivity contribution >= 4 is 28.8 Å². The van der Waals surface area contributed by atoms with Crippen LogP contribution in [0.5, 0.6) is 11.6 Å². The third-order valence-electron chi connectivity index (χ3n) is 6.90. The molecule has 12 nitrogen and oxygen atoms in total. The summed E-state index contributed by atoms with van der Waals surface area (Å²) in [6.45, 7) is 7.77. The minimum atomic E-state index is -0.0438. The second kappa shape index (κ2) is 12.7. The van der Waals surface area contributed by atoms with E-state index in [4.69, 9.17) is 9.47 Å². The molecule has 214 valence electrons. The van der Waals surface area contributed by atoms with Gasteiger partial charge in [0.05, 0.1) is 42.0 Å². The van der Waals surface area contributed by atoms with Crippen LogP contribution in [0.25, 0.3) is 11.4 Å². The molecular weight excluding hydrogens is 522 g/mol. The summed E-state index contributed by atoms with van der Waals surface area (Å²) in [7, 11) is 3.39. The Morgan fingerprint density at radius 1 is 1.07 bits per heavy atom. The minimum Gasteiger partial charge on any atom is -0.494 e. The molecule has 1 atom stereocenters. The number of pyridine rings is 1. The molecule has 0 saturated carbocycles. The van der Waals surface area contributed by atoms with Crippen LogP contribution in [0.1, 0.15) is 37.0 Å². The van der Waals surface area contributed by atoms with Gasteiger partial charge >= 0.3 is 0 Å². The van der Waals surface area contributed by atoms with Crippen molar-refractivity contribution in [2.24, 2.45) is 13.0 Å². The molecule has 0 amide bonds. The van der Waals surface area contributed by atoms with E-state index in [1.165, 1.54) is 6.42 Å². The molecule has 0 bridgehead atoms. The summed E-state index contributed by atoms with van der Waals surface area (Å²) in [4.78, 5) is 32.8. The van der Waals surface area contributed by atoms with Gasteiger partial charge in [-0.25, -0.2) is 19.9 Å². The molecule has 1 aromatic carbocycles. The average molecular weight is 558 g/mol. The van der Waals surface area contributed by atoms with Gasteiger partial charge in [0.2, 0.25) is 5.88 Å². The van der Waals surface area contributed by atoms with Crippen molar-refractivity contribution in [1.29, 1.82) is 0 Å². The summed E-state index contributed by atoms with van der Waals surface area (Å²) in [6.07, 6.45) is 7.94. The number of Topliss-reactive ketones (excluding diaryl/α,β-unsaturated/α-hetero) is 1. The molecule has 4 aromatic rings. The number of benzene rings is 1. The van der Waals surface area contributed by atoms with Gasteiger partial charge in [-0.1, -0.05) is 19.9 Å². The molecule has 0 aliphatic carbocycles. The van der Waals surface area contributed by atoms with Crippen molar-refractivity contribution in [3.05, 3.63) is 54.7 Å².